The molecular weight excluding hydrogens is 402 g/mol. The summed E-state index contributed by atoms with van der Waals surface area (Å²) in [5, 5.41) is 6.32. The number of amides is 2. The van der Waals surface area contributed by atoms with Crippen LogP contribution in [0, 0.1) is 0 Å². The van der Waals surface area contributed by atoms with E-state index in [2.05, 4.69) is 20.6 Å². The Morgan fingerprint density at radius 3 is 2.09 bits per heavy atom. The molecule has 0 atom stereocenters. The third-order valence-corrected chi connectivity index (χ3v) is 4.96. The van der Waals surface area contributed by atoms with Gasteiger partial charge in [0, 0.05) is 37.7 Å². The third-order valence-electron chi connectivity index (χ3n) is 4.96. The van der Waals surface area contributed by atoms with Gasteiger partial charge in [0.05, 0.1) is 5.52 Å². The molecule has 0 spiro atoms. The minimum Gasteiger partial charge on any atom is -0.329 e. The van der Waals surface area contributed by atoms with Gasteiger partial charge in [-0.2, -0.15) is 4.98 Å². The lowest BCUT2D eigenvalue weighted by molar-refractivity contribution is -0.115. The largest absolute Gasteiger partial charge is 0.329 e. The number of benzene rings is 3. The molecule has 1 aromatic heterocycles. The molecule has 7 heteroatoms. The molecule has 0 aliphatic rings. The summed E-state index contributed by atoms with van der Waals surface area (Å²) in [7, 11) is 1.93. The molecule has 1 heterocycles. The highest BCUT2D eigenvalue weighted by Gasteiger charge is 2.15. The maximum atomic E-state index is 11.6. The Morgan fingerprint density at radius 2 is 1.44 bits per heavy atom. The summed E-state index contributed by atoms with van der Waals surface area (Å²) in [6, 6.07) is 23.5. The molecule has 2 amide bonds. The fourth-order valence-corrected chi connectivity index (χ4v) is 3.48. The van der Waals surface area contributed by atoms with Crippen molar-refractivity contribution in [2.75, 3.05) is 22.6 Å². The second kappa shape index (κ2) is 8.85. The van der Waals surface area contributed by atoms with E-state index in [0.717, 1.165) is 33.4 Å². The zero-order chi connectivity index (χ0) is 22.7. The Balaban J connectivity index is 1.81. The van der Waals surface area contributed by atoms with Gasteiger partial charge in [0.25, 0.3) is 0 Å². The van der Waals surface area contributed by atoms with Gasteiger partial charge in [-0.25, -0.2) is 4.98 Å². The maximum absolute atomic E-state index is 11.6. The molecule has 3 aromatic carbocycles. The molecule has 0 bridgehead atoms. The van der Waals surface area contributed by atoms with Gasteiger partial charge in [-0.15, -0.1) is 0 Å². The monoisotopic (exact) mass is 425 g/mol. The number of carbonyl (C=O) groups is 2. The lowest BCUT2D eigenvalue weighted by Gasteiger charge is -2.21. The Kier molecular flexibility index (Phi) is 5.81. The molecular formula is C25H23N5O2. The van der Waals surface area contributed by atoms with Crippen molar-refractivity contribution >= 4 is 45.9 Å². The van der Waals surface area contributed by atoms with E-state index in [1.807, 2.05) is 84.7 Å². The van der Waals surface area contributed by atoms with Gasteiger partial charge in [-0.1, -0.05) is 36.4 Å². The number of hydrogen-bond donors (Lipinski definition) is 2. The summed E-state index contributed by atoms with van der Waals surface area (Å²) in [6.07, 6.45) is 0. The van der Waals surface area contributed by atoms with Gasteiger partial charge in [0.15, 0.2) is 0 Å². The number of carbonyl (C=O) groups excluding carboxylic acids is 2. The van der Waals surface area contributed by atoms with E-state index in [1.165, 1.54) is 13.8 Å². The highest BCUT2D eigenvalue weighted by atomic mass is 16.2. The predicted octanol–water partition coefficient (Wildman–Crippen LogP) is 4.98. The molecule has 4 aromatic rings. The molecule has 2 N–H and O–H groups in total. The van der Waals surface area contributed by atoms with E-state index in [-0.39, 0.29) is 17.8 Å². The highest BCUT2D eigenvalue weighted by Crippen LogP contribution is 2.33. The first kappa shape index (κ1) is 21.0. The van der Waals surface area contributed by atoms with Crippen LogP contribution < -0.4 is 15.5 Å². The van der Waals surface area contributed by atoms with Crippen molar-refractivity contribution in [3.8, 4) is 11.1 Å². The van der Waals surface area contributed by atoms with Gasteiger partial charge in [0.1, 0.15) is 5.82 Å². The third kappa shape index (κ3) is 4.57. The molecule has 0 aliphatic heterocycles. The molecule has 7 nitrogen and oxygen atoms in total. The van der Waals surface area contributed by atoms with Crippen LogP contribution >= 0.6 is 0 Å². The first-order valence-electron chi connectivity index (χ1n) is 10.2. The van der Waals surface area contributed by atoms with E-state index in [1.54, 1.807) is 0 Å². The van der Waals surface area contributed by atoms with Crippen LogP contribution in [0.4, 0.5) is 23.1 Å². The number of para-hydroxylation sites is 1. The minimum atomic E-state index is -0.228. The van der Waals surface area contributed by atoms with Crippen LogP contribution in [0.15, 0.2) is 72.8 Å². The van der Waals surface area contributed by atoms with Gasteiger partial charge >= 0.3 is 0 Å². The molecule has 32 heavy (non-hydrogen) atoms. The van der Waals surface area contributed by atoms with E-state index in [0.29, 0.717) is 5.82 Å². The standard InChI is InChI=1S/C25H23N5O2/c1-16(31)26-20-12-9-18(10-13-20)19-11-14-23-22(15-19)24(29-25(28-23)27-17(2)32)30(3)21-7-5-4-6-8-21/h4-15H,1-3H3,(H,26,31)(H,27,28,29,32). The van der Waals surface area contributed by atoms with Gasteiger partial charge in [-0.3, -0.25) is 14.9 Å². The van der Waals surface area contributed by atoms with E-state index in [9.17, 15) is 9.59 Å². The summed E-state index contributed by atoms with van der Waals surface area (Å²) in [4.78, 5) is 34.0. The number of fused-ring (bicyclic) bond motifs is 1. The Hall–Kier alpha value is -4.26. The number of nitrogens with one attached hydrogen (secondary N) is 2. The summed E-state index contributed by atoms with van der Waals surface area (Å²) < 4.78 is 0. The normalized spacial score (nSPS) is 10.6. The van der Waals surface area contributed by atoms with Crippen LogP contribution in [0.1, 0.15) is 13.8 Å². The predicted molar refractivity (Wildman–Crippen MR) is 128 cm³/mol. The van der Waals surface area contributed by atoms with Crippen molar-refractivity contribution in [3.63, 3.8) is 0 Å². The maximum Gasteiger partial charge on any atom is 0.231 e. The number of hydrogen-bond acceptors (Lipinski definition) is 5. The molecule has 0 fully saturated rings. The van der Waals surface area contributed by atoms with Crippen molar-refractivity contribution in [2.24, 2.45) is 0 Å². The van der Waals surface area contributed by atoms with Crippen LogP contribution in [0.25, 0.3) is 22.0 Å². The van der Waals surface area contributed by atoms with Crippen LogP contribution in [-0.4, -0.2) is 28.8 Å². The van der Waals surface area contributed by atoms with Crippen LogP contribution in [0.5, 0.6) is 0 Å². The first-order valence-corrected chi connectivity index (χ1v) is 10.2. The summed E-state index contributed by atoms with van der Waals surface area (Å²) in [5.41, 5.74) is 4.42. The lowest BCUT2D eigenvalue weighted by Crippen LogP contribution is -2.15. The average molecular weight is 425 g/mol. The average Bonchev–Trinajstić information content (AvgIpc) is 2.78. The Bertz CT molecular complexity index is 1290. The second-order valence-electron chi connectivity index (χ2n) is 7.44. The van der Waals surface area contributed by atoms with Crippen molar-refractivity contribution in [2.45, 2.75) is 13.8 Å². The summed E-state index contributed by atoms with van der Waals surface area (Å²) in [5.74, 6) is 0.606. The topological polar surface area (TPSA) is 87.2 Å². The molecule has 0 saturated heterocycles. The van der Waals surface area contributed by atoms with E-state index >= 15 is 0 Å². The van der Waals surface area contributed by atoms with Crippen LogP contribution in [0.3, 0.4) is 0 Å². The zero-order valence-electron chi connectivity index (χ0n) is 18.1. The van der Waals surface area contributed by atoms with E-state index in [4.69, 9.17) is 0 Å². The van der Waals surface area contributed by atoms with Crippen molar-refractivity contribution in [1.29, 1.82) is 0 Å². The fraction of sp³-hybridized carbons (Fsp3) is 0.120. The molecule has 0 unspecified atom stereocenters. The molecule has 0 saturated carbocycles. The first-order chi connectivity index (χ1) is 15.4. The van der Waals surface area contributed by atoms with Crippen LogP contribution in [-0.2, 0) is 9.59 Å². The van der Waals surface area contributed by atoms with Gasteiger partial charge in [0.2, 0.25) is 17.8 Å². The van der Waals surface area contributed by atoms with Gasteiger partial charge in [-0.05, 0) is 47.5 Å². The number of anilines is 4. The van der Waals surface area contributed by atoms with Crippen molar-refractivity contribution in [3.05, 3.63) is 72.8 Å². The summed E-state index contributed by atoms with van der Waals surface area (Å²) in [6.45, 7) is 2.92. The number of aromatic nitrogens is 2. The summed E-state index contributed by atoms with van der Waals surface area (Å²) >= 11 is 0. The van der Waals surface area contributed by atoms with Crippen molar-refractivity contribution in [1.82, 2.24) is 9.97 Å². The lowest BCUT2D eigenvalue weighted by atomic mass is 10.0. The highest BCUT2D eigenvalue weighted by molar-refractivity contribution is 5.97. The minimum absolute atomic E-state index is 0.107. The number of rotatable bonds is 5. The molecule has 0 aliphatic carbocycles. The SMILES string of the molecule is CC(=O)Nc1ccc(-c2ccc3nc(NC(C)=O)nc(N(C)c4ccccc4)c3c2)cc1. The van der Waals surface area contributed by atoms with Crippen LogP contribution in [0.2, 0.25) is 0 Å². The molecule has 4 rings (SSSR count). The van der Waals surface area contributed by atoms with E-state index < -0.39 is 0 Å². The fourth-order valence-electron chi connectivity index (χ4n) is 3.48. The number of nitrogens with zero attached hydrogens (tertiary/aromatic N) is 3. The molecule has 0 radical (unpaired) electrons. The Morgan fingerprint density at radius 1 is 0.781 bits per heavy atom. The molecule has 160 valence electrons. The second-order valence-corrected chi connectivity index (χ2v) is 7.44. The quantitative estimate of drug-likeness (QED) is 0.471. The zero-order valence-corrected chi connectivity index (χ0v) is 18.1. The van der Waals surface area contributed by atoms with Crippen molar-refractivity contribution < 1.29 is 9.59 Å². The smallest absolute Gasteiger partial charge is 0.231 e. The Labute approximate surface area is 186 Å². The van der Waals surface area contributed by atoms with Gasteiger partial charge < -0.3 is 10.2 Å².